The second-order valence-corrected chi connectivity index (χ2v) is 5.89. The summed E-state index contributed by atoms with van der Waals surface area (Å²) in [5, 5.41) is 0. The molecule has 1 aromatic carbocycles. The van der Waals surface area contributed by atoms with Crippen LogP contribution in [0.3, 0.4) is 0 Å². The number of hydrogen-bond acceptors (Lipinski definition) is 2. The molecule has 0 aromatic heterocycles. The molecule has 0 aliphatic heterocycles. The lowest BCUT2D eigenvalue weighted by atomic mass is 10.2. The zero-order valence-corrected chi connectivity index (χ0v) is 12.6. The summed E-state index contributed by atoms with van der Waals surface area (Å²) < 4.78 is 6.21. The molecule has 1 aliphatic rings. The van der Waals surface area contributed by atoms with E-state index in [2.05, 4.69) is 15.9 Å². The zero-order valence-electron chi connectivity index (χ0n) is 11.0. The minimum atomic E-state index is -0.0838. The molecule has 2 rings (SSSR count). The average Bonchev–Trinajstić information content (AvgIpc) is 3.19. The monoisotopic (exact) mass is 322 g/mol. The van der Waals surface area contributed by atoms with E-state index in [0.29, 0.717) is 13.0 Å². The molecule has 2 nitrogen and oxygen atoms in total. The lowest BCUT2D eigenvalue weighted by Gasteiger charge is -2.01. The van der Waals surface area contributed by atoms with Gasteiger partial charge in [-0.15, -0.1) is 0 Å². The summed E-state index contributed by atoms with van der Waals surface area (Å²) in [4.78, 5) is 11.4. The molecule has 0 unspecified atom stereocenters. The highest BCUT2D eigenvalue weighted by Crippen LogP contribution is 2.33. The Bertz CT molecular complexity index is 450. The Morgan fingerprint density at radius 2 is 2.26 bits per heavy atom. The molecule has 0 heterocycles. The SMILES string of the molecule is O=C(CCCC1CC1)OC/C=C/c1cccc(Br)c1. The van der Waals surface area contributed by atoms with Gasteiger partial charge in [-0.25, -0.2) is 0 Å². The van der Waals surface area contributed by atoms with Crippen LogP contribution < -0.4 is 0 Å². The zero-order chi connectivity index (χ0) is 13.5. The lowest BCUT2D eigenvalue weighted by molar-refractivity contribution is -0.142. The Kier molecular flexibility index (Phi) is 5.64. The van der Waals surface area contributed by atoms with Crippen molar-refractivity contribution in [3.63, 3.8) is 0 Å². The molecule has 19 heavy (non-hydrogen) atoms. The number of carbonyl (C=O) groups is 1. The van der Waals surface area contributed by atoms with Gasteiger partial charge in [0.05, 0.1) is 0 Å². The van der Waals surface area contributed by atoms with Gasteiger partial charge >= 0.3 is 5.97 Å². The van der Waals surface area contributed by atoms with Gasteiger partial charge in [-0.1, -0.05) is 47.0 Å². The van der Waals surface area contributed by atoms with Gasteiger partial charge < -0.3 is 4.74 Å². The van der Waals surface area contributed by atoms with Gasteiger partial charge in [-0.3, -0.25) is 4.79 Å². The molecule has 0 N–H and O–H groups in total. The van der Waals surface area contributed by atoms with Crippen LogP contribution in [0.15, 0.2) is 34.8 Å². The maximum Gasteiger partial charge on any atom is 0.306 e. The van der Waals surface area contributed by atoms with Crippen LogP contribution in [0.2, 0.25) is 0 Å². The summed E-state index contributed by atoms with van der Waals surface area (Å²) in [6, 6.07) is 8.00. The van der Waals surface area contributed by atoms with Crippen molar-refractivity contribution in [2.45, 2.75) is 32.1 Å². The molecule has 1 saturated carbocycles. The minimum absolute atomic E-state index is 0.0838. The van der Waals surface area contributed by atoms with Crippen LogP contribution in [0.25, 0.3) is 6.08 Å². The number of carbonyl (C=O) groups excluding carboxylic acids is 1. The first kappa shape index (κ1) is 14.3. The van der Waals surface area contributed by atoms with Crippen LogP contribution >= 0.6 is 15.9 Å². The summed E-state index contributed by atoms with van der Waals surface area (Å²) in [6.07, 6.45) is 9.25. The van der Waals surface area contributed by atoms with Crippen molar-refractivity contribution >= 4 is 28.0 Å². The van der Waals surface area contributed by atoms with Gasteiger partial charge in [0.25, 0.3) is 0 Å². The number of halogens is 1. The molecular formula is C16H19BrO2. The average molecular weight is 323 g/mol. The fourth-order valence-corrected chi connectivity index (χ4v) is 2.37. The van der Waals surface area contributed by atoms with Crippen molar-refractivity contribution in [3.8, 4) is 0 Å². The van der Waals surface area contributed by atoms with Crippen molar-refractivity contribution in [3.05, 3.63) is 40.4 Å². The second-order valence-electron chi connectivity index (χ2n) is 4.98. The van der Waals surface area contributed by atoms with Crippen LogP contribution in [0.4, 0.5) is 0 Å². The summed E-state index contributed by atoms with van der Waals surface area (Å²) in [5.41, 5.74) is 1.10. The number of esters is 1. The standard InChI is InChI=1S/C16H19BrO2/c17-15-7-1-5-14(12-15)6-3-11-19-16(18)8-2-4-13-9-10-13/h1,3,5-7,12-13H,2,4,8-11H2/b6-3+. The van der Waals surface area contributed by atoms with E-state index in [-0.39, 0.29) is 5.97 Å². The molecule has 0 bridgehead atoms. The first-order chi connectivity index (χ1) is 9.24. The van der Waals surface area contributed by atoms with Crippen LogP contribution in [-0.4, -0.2) is 12.6 Å². The van der Waals surface area contributed by atoms with E-state index in [1.54, 1.807) is 0 Å². The number of benzene rings is 1. The quantitative estimate of drug-likeness (QED) is 0.686. The number of ether oxygens (including phenoxy) is 1. The molecule has 0 radical (unpaired) electrons. The maximum atomic E-state index is 11.4. The minimum Gasteiger partial charge on any atom is -0.461 e. The third-order valence-electron chi connectivity index (χ3n) is 3.19. The Labute approximate surface area is 123 Å². The van der Waals surface area contributed by atoms with Crippen molar-refractivity contribution in [1.29, 1.82) is 0 Å². The van der Waals surface area contributed by atoms with Crippen molar-refractivity contribution in [2.24, 2.45) is 5.92 Å². The highest BCUT2D eigenvalue weighted by Gasteiger charge is 2.20. The predicted molar refractivity (Wildman–Crippen MR) is 80.7 cm³/mol. The van der Waals surface area contributed by atoms with Gasteiger partial charge in [-0.2, -0.15) is 0 Å². The van der Waals surface area contributed by atoms with Crippen molar-refractivity contribution in [2.75, 3.05) is 6.61 Å². The molecule has 1 aromatic rings. The number of rotatable bonds is 7. The molecule has 0 saturated heterocycles. The topological polar surface area (TPSA) is 26.3 Å². The van der Waals surface area contributed by atoms with Gasteiger partial charge in [0.2, 0.25) is 0 Å². The van der Waals surface area contributed by atoms with E-state index in [9.17, 15) is 4.79 Å². The van der Waals surface area contributed by atoms with Crippen LogP contribution in [0.5, 0.6) is 0 Å². The lowest BCUT2D eigenvalue weighted by Crippen LogP contribution is -2.04. The van der Waals surface area contributed by atoms with Crippen LogP contribution in [0, 0.1) is 5.92 Å². The summed E-state index contributed by atoms with van der Waals surface area (Å²) >= 11 is 3.42. The second kappa shape index (κ2) is 7.49. The van der Waals surface area contributed by atoms with E-state index in [0.717, 1.165) is 22.4 Å². The number of hydrogen-bond donors (Lipinski definition) is 0. The fraction of sp³-hybridized carbons (Fsp3) is 0.438. The fourth-order valence-electron chi connectivity index (χ4n) is 1.95. The molecular weight excluding hydrogens is 304 g/mol. The van der Waals surface area contributed by atoms with E-state index in [1.807, 2.05) is 36.4 Å². The van der Waals surface area contributed by atoms with Gasteiger partial charge in [0, 0.05) is 10.9 Å². The van der Waals surface area contributed by atoms with Crippen LogP contribution in [-0.2, 0) is 9.53 Å². The first-order valence-corrected chi connectivity index (χ1v) is 7.61. The Balaban J connectivity index is 1.60. The third-order valence-corrected chi connectivity index (χ3v) is 3.68. The molecule has 3 heteroatoms. The molecule has 0 spiro atoms. The normalized spacial score (nSPS) is 14.8. The van der Waals surface area contributed by atoms with E-state index >= 15 is 0 Å². The maximum absolute atomic E-state index is 11.4. The van der Waals surface area contributed by atoms with E-state index in [1.165, 1.54) is 19.3 Å². The van der Waals surface area contributed by atoms with Crippen molar-refractivity contribution < 1.29 is 9.53 Å². The third kappa shape index (κ3) is 6.06. The Morgan fingerprint density at radius 3 is 3.00 bits per heavy atom. The summed E-state index contributed by atoms with van der Waals surface area (Å²) in [5.74, 6) is 0.809. The highest BCUT2D eigenvalue weighted by atomic mass is 79.9. The molecule has 102 valence electrons. The van der Waals surface area contributed by atoms with Gasteiger partial charge in [-0.05, 0) is 42.5 Å². The largest absolute Gasteiger partial charge is 0.461 e. The predicted octanol–water partition coefficient (Wildman–Crippen LogP) is 4.59. The Hall–Kier alpha value is -1.09. The highest BCUT2D eigenvalue weighted by molar-refractivity contribution is 9.10. The summed E-state index contributed by atoms with van der Waals surface area (Å²) in [6.45, 7) is 0.356. The van der Waals surface area contributed by atoms with Crippen LogP contribution in [0.1, 0.15) is 37.7 Å². The van der Waals surface area contributed by atoms with E-state index < -0.39 is 0 Å². The Morgan fingerprint density at radius 1 is 1.42 bits per heavy atom. The molecule has 0 atom stereocenters. The first-order valence-electron chi connectivity index (χ1n) is 6.82. The van der Waals surface area contributed by atoms with Crippen molar-refractivity contribution in [1.82, 2.24) is 0 Å². The smallest absolute Gasteiger partial charge is 0.306 e. The summed E-state index contributed by atoms with van der Waals surface area (Å²) in [7, 11) is 0. The van der Waals surface area contributed by atoms with Gasteiger partial charge in [0.15, 0.2) is 0 Å². The van der Waals surface area contributed by atoms with Gasteiger partial charge in [0.1, 0.15) is 6.61 Å². The van der Waals surface area contributed by atoms with E-state index in [4.69, 9.17) is 4.74 Å². The molecule has 0 amide bonds. The molecule has 1 aliphatic carbocycles. The molecule has 1 fully saturated rings.